The summed E-state index contributed by atoms with van der Waals surface area (Å²) < 4.78 is 5.36. The van der Waals surface area contributed by atoms with Crippen LogP contribution in [0.1, 0.15) is 15.9 Å². The van der Waals surface area contributed by atoms with Crippen molar-refractivity contribution in [2.24, 2.45) is 4.99 Å². The van der Waals surface area contributed by atoms with Gasteiger partial charge in [-0.25, -0.2) is 9.79 Å². The first kappa shape index (κ1) is 21.2. The summed E-state index contributed by atoms with van der Waals surface area (Å²) in [7, 11) is 0. The minimum absolute atomic E-state index is 0.245. The van der Waals surface area contributed by atoms with Gasteiger partial charge in [-0.3, -0.25) is 4.79 Å². The molecule has 0 bridgehead atoms. The monoisotopic (exact) mass is 468 g/mol. The highest BCUT2D eigenvalue weighted by Gasteiger charge is 2.24. The van der Waals surface area contributed by atoms with E-state index in [1.165, 1.54) is 11.8 Å². The van der Waals surface area contributed by atoms with Gasteiger partial charge in [-0.05, 0) is 59.8 Å². The van der Waals surface area contributed by atoms with Gasteiger partial charge in [0.15, 0.2) is 5.17 Å². The van der Waals surface area contributed by atoms with Gasteiger partial charge in [0.25, 0.3) is 5.91 Å². The Kier molecular flexibility index (Phi) is 6.42. The lowest BCUT2D eigenvalue weighted by Gasteiger charge is -2.06. The smallest absolute Gasteiger partial charge is 0.345 e. The second-order valence-corrected chi connectivity index (χ2v) is 8.22. The van der Waals surface area contributed by atoms with Crippen molar-refractivity contribution in [2.45, 2.75) is 0 Å². The molecule has 0 radical (unpaired) electrons. The lowest BCUT2D eigenvalue weighted by Crippen LogP contribution is -2.19. The van der Waals surface area contributed by atoms with E-state index < -0.39 is 5.97 Å². The van der Waals surface area contributed by atoms with Crippen LogP contribution in [0, 0.1) is 0 Å². The molecular weight excluding hydrogens is 455 g/mol. The molecule has 5 nitrogen and oxygen atoms in total. The zero-order valence-electron chi connectivity index (χ0n) is 15.8. The van der Waals surface area contributed by atoms with E-state index in [1.807, 2.05) is 12.1 Å². The second-order valence-electron chi connectivity index (χ2n) is 6.37. The fourth-order valence-corrected chi connectivity index (χ4v) is 3.93. The number of nitrogens with zero attached hydrogens (tertiary/aromatic N) is 1. The minimum Gasteiger partial charge on any atom is -0.423 e. The summed E-state index contributed by atoms with van der Waals surface area (Å²) in [5.41, 5.74) is 1.65. The van der Waals surface area contributed by atoms with Crippen molar-refractivity contribution in [1.29, 1.82) is 0 Å². The molecule has 154 valence electrons. The number of amides is 1. The van der Waals surface area contributed by atoms with E-state index >= 15 is 0 Å². The van der Waals surface area contributed by atoms with Crippen molar-refractivity contribution in [2.75, 3.05) is 0 Å². The zero-order valence-corrected chi connectivity index (χ0v) is 18.2. The van der Waals surface area contributed by atoms with Crippen LogP contribution in [0.2, 0.25) is 10.0 Å². The molecule has 0 saturated carbocycles. The quantitative estimate of drug-likeness (QED) is 0.285. The molecule has 3 aromatic rings. The molecule has 4 rings (SSSR count). The molecule has 1 heterocycles. The highest BCUT2D eigenvalue weighted by Crippen LogP contribution is 2.31. The summed E-state index contributed by atoms with van der Waals surface area (Å²) in [6, 6.07) is 20.6. The lowest BCUT2D eigenvalue weighted by atomic mass is 10.2. The molecule has 0 aliphatic carbocycles. The first-order valence-electron chi connectivity index (χ1n) is 9.10. The van der Waals surface area contributed by atoms with Crippen LogP contribution in [0.3, 0.4) is 0 Å². The van der Waals surface area contributed by atoms with E-state index in [-0.39, 0.29) is 5.91 Å². The van der Waals surface area contributed by atoms with Gasteiger partial charge in [0.1, 0.15) is 5.75 Å². The maximum absolute atomic E-state index is 12.3. The Labute approximate surface area is 192 Å². The van der Waals surface area contributed by atoms with Crippen LogP contribution >= 0.6 is 35.0 Å². The number of rotatable bonds is 4. The Balaban J connectivity index is 1.46. The average Bonchev–Trinajstić information content (AvgIpc) is 3.10. The molecule has 0 aromatic heterocycles. The number of hydrogen-bond donors (Lipinski definition) is 1. The van der Waals surface area contributed by atoms with Crippen LogP contribution in [0.25, 0.3) is 6.08 Å². The van der Waals surface area contributed by atoms with Gasteiger partial charge in [-0.2, -0.15) is 0 Å². The number of para-hydroxylation sites is 1. The predicted octanol–water partition coefficient (Wildman–Crippen LogP) is 6.10. The van der Waals surface area contributed by atoms with Crippen molar-refractivity contribution >= 4 is 63.8 Å². The Bertz CT molecular complexity index is 1220. The summed E-state index contributed by atoms with van der Waals surface area (Å²) in [6.45, 7) is 0. The molecule has 3 aromatic carbocycles. The average molecular weight is 469 g/mol. The Hall–Kier alpha value is -3.06. The van der Waals surface area contributed by atoms with Crippen LogP contribution in [0.5, 0.6) is 5.75 Å². The topological polar surface area (TPSA) is 67.8 Å². The highest BCUT2D eigenvalue weighted by molar-refractivity contribution is 8.18. The van der Waals surface area contributed by atoms with E-state index in [0.717, 1.165) is 5.56 Å². The number of carbonyl (C=O) groups excluding carboxylic acids is 2. The van der Waals surface area contributed by atoms with Gasteiger partial charge in [0, 0.05) is 0 Å². The number of esters is 1. The number of thioether (sulfide) groups is 1. The van der Waals surface area contributed by atoms with Gasteiger partial charge in [-0.15, -0.1) is 0 Å². The Morgan fingerprint density at radius 1 is 0.935 bits per heavy atom. The second kappa shape index (κ2) is 9.39. The maximum Gasteiger partial charge on any atom is 0.345 e. The van der Waals surface area contributed by atoms with Crippen LogP contribution in [-0.4, -0.2) is 17.0 Å². The largest absolute Gasteiger partial charge is 0.423 e. The molecule has 1 fully saturated rings. The number of nitrogens with one attached hydrogen (secondary N) is 1. The fourth-order valence-electron chi connectivity index (χ4n) is 2.70. The first-order chi connectivity index (χ1) is 15.0. The van der Waals surface area contributed by atoms with Gasteiger partial charge in [-0.1, -0.05) is 59.6 Å². The molecule has 1 aliphatic rings. The standard InChI is InChI=1S/C23H14Cl2N2O3S/c24-17-6-2-1-5-16(17)22(29)30-15-11-9-14(10-12-15)13-20-21(28)27-23(31-20)26-19-8-4-3-7-18(19)25/h1-13H,(H,26,27,28)/b20-13+. The van der Waals surface area contributed by atoms with Crippen LogP contribution < -0.4 is 10.1 Å². The normalized spacial score (nSPS) is 15.9. The minimum atomic E-state index is -0.539. The van der Waals surface area contributed by atoms with Crippen molar-refractivity contribution in [3.63, 3.8) is 0 Å². The van der Waals surface area contributed by atoms with E-state index in [4.69, 9.17) is 27.9 Å². The number of aliphatic imine (C=N–C) groups is 1. The Morgan fingerprint density at radius 3 is 2.32 bits per heavy atom. The number of carbonyl (C=O) groups is 2. The summed E-state index contributed by atoms with van der Waals surface area (Å²) in [5.74, 6) is -0.413. The SMILES string of the molecule is O=C1NC(=Nc2ccccc2Cl)S/C1=C/c1ccc(OC(=O)c2ccccc2Cl)cc1. The van der Waals surface area contributed by atoms with Gasteiger partial charge >= 0.3 is 5.97 Å². The van der Waals surface area contributed by atoms with Crippen molar-refractivity contribution < 1.29 is 14.3 Å². The Morgan fingerprint density at radius 2 is 1.61 bits per heavy atom. The van der Waals surface area contributed by atoms with E-state index in [0.29, 0.717) is 37.1 Å². The summed E-state index contributed by atoms with van der Waals surface area (Å²) in [5, 5.41) is 4.01. The van der Waals surface area contributed by atoms with Crippen LogP contribution in [0.15, 0.2) is 82.7 Å². The van der Waals surface area contributed by atoms with Gasteiger partial charge in [0.2, 0.25) is 0 Å². The highest BCUT2D eigenvalue weighted by atomic mass is 35.5. The molecule has 1 saturated heterocycles. The number of hydrogen-bond acceptors (Lipinski definition) is 5. The summed E-state index contributed by atoms with van der Waals surface area (Å²) in [4.78, 5) is 29.4. The first-order valence-corrected chi connectivity index (χ1v) is 10.7. The van der Waals surface area contributed by atoms with Gasteiger partial charge in [0.05, 0.1) is 26.2 Å². The van der Waals surface area contributed by atoms with Crippen LogP contribution in [-0.2, 0) is 4.79 Å². The van der Waals surface area contributed by atoms with Crippen molar-refractivity contribution in [1.82, 2.24) is 5.32 Å². The van der Waals surface area contributed by atoms with E-state index in [2.05, 4.69) is 10.3 Å². The summed E-state index contributed by atoms with van der Waals surface area (Å²) >= 11 is 13.4. The van der Waals surface area contributed by atoms with E-state index in [1.54, 1.807) is 66.7 Å². The zero-order chi connectivity index (χ0) is 21.8. The maximum atomic E-state index is 12.3. The third-order valence-corrected chi connectivity index (χ3v) is 5.77. The lowest BCUT2D eigenvalue weighted by molar-refractivity contribution is -0.115. The van der Waals surface area contributed by atoms with E-state index in [9.17, 15) is 9.59 Å². The third-order valence-electron chi connectivity index (χ3n) is 4.21. The molecule has 1 amide bonds. The molecular formula is C23H14Cl2N2O3S. The number of ether oxygens (including phenoxy) is 1. The van der Waals surface area contributed by atoms with Crippen molar-refractivity contribution in [3.05, 3.63) is 98.9 Å². The fraction of sp³-hybridized carbons (Fsp3) is 0. The predicted molar refractivity (Wildman–Crippen MR) is 125 cm³/mol. The third kappa shape index (κ3) is 5.17. The van der Waals surface area contributed by atoms with Gasteiger partial charge < -0.3 is 10.1 Å². The van der Waals surface area contributed by atoms with Crippen molar-refractivity contribution in [3.8, 4) is 5.75 Å². The number of benzene rings is 3. The molecule has 8 heteroatoms. The molecule has 1 aliphatic heterocycles. The molecule has 1 N–H and O–H groups in total. The molecule has 31 heavy (non-hydrogen) atoms. The molecule has 0 unspecified atom stereocenters. The molecule has 0 atom stereocenters. The van der Waals surface area contributed by atoms with Crippen LogP contribution in [0.4, 0.5) is 5.69 Å². The summed E-state index contributed by atoms with van der Waals surface area (Å²) in [6.07, 6.45) is 1.73. The number of amidine groups is 1. The number of halogens is 2. The molecule has 0 spiro atoms.